The number of ether oxygens (including phenoxy) is 1. The number of nitrogens with one attached hydrogen (secondary N) is 1. The molecule has 0 radical (unpaired) electrons. The summed E-state index contributed by atoms with van der Waals surface area (Å²) in [4.78, 5) is 24.4. The third-order valence-electron chi connectivity index (χ3n) is 11.7. The Morgan fingerprint density at radius 2 is 0.831 bits per heavy atom. The van der Waals surface area contributed by atoms with Gasteiger partial charge < -0.3 is 20.3 Å². The summed E-state index contributed by atoms with van der Waals surface area (Å²) < 4.78 is 5.45. The molecule has 0 heterocycles. The predicted molar refractivity (Wildman–Crippen MR) is 255 cm³/mol. The molecule has 0 bridgehead atoms. The lowest BCUT2D eigenvalue weighted by Gasteiger charge is -2.20. The minimum Gasteiger partial charge on any atom is -0.466 e. The molecule has 0 fully saturated rings. The van der Waals surface area contributed by atoms with Crippen LogP contribution in [0.15, 0.2) is 36.5 Å². The maximum atomic E-state index is 12.3. The second-order valence-corrected chi connectivity index (χ2v) is 17.5. The normalized spacial score (nSPS) is 12.9. The van der Waals surface area contributed by atoms with Crippen LogP contribution in [0.1, 0.15) is 264 Å². The number of allylic oxidation sites excluding steroid dienone is 5. The molecule has 346 valence electrons. The van der Waals surface area contributed by atoms with Crippen LogP contribution < -0.4 is 5.32 Å². The molecular weight excluding hydrogens is 731 g/mol. The highest BCUT2D eigenvalue weighted by atomic mass is 16.5. The number of carbonyl (C=O) groups is 2. The van der Waals surface area contributed by atoms with Gasteiger partial charge >= 0.3 is 5.97 Å². The van der Waals surface area contributed by atoms with Gasteiger partial charge in [-0.3, -0.25) is 9.59 Å². The van der Waals surface area contributed by atoms with E-state index in [1.54, 1.807) is 6.08 Å². The van der Waals surface area contributed by atoms with Gasteiger partial charge in [-0.2, -0.15) is 0 Å². The second-order valence-electron chi connectivity index (χ2n) is 17.5. The standard InChI is InChI=1S/C53H99NO5/c1-3-5-7-9-11-13-14-15-16-17-18-21-24-27-31-35-39-43-47-53(58)59-48-44-40-36-32-28-25-22-19-20-23-26-30-34-38-42-46-52(57)54-50(49-55)51(56)45-41-37-33-29-12-10-8-6-4-2/h19,22,25,28,41,45,50-51,55-56H,3-18,20-21,23-24,26-27,29-40,42-44,46-49H2,1-2H3,(H,54,57)/b22-19-,28-25-,45-41+. The number of hydrogen-bond acceptors (Lipinski definition) is 5. The maximum absolute atomic E-state index is 12.3. The third-order valence-corrected chi connectivity index (χ3v) is 11.7. The first kappa shape index (κ1) is 57.1. The van der Waals surface area contributed by atoms with Gasteiger partial charge in [-0.1, -0.05) is 224 Å². The molecule has 6 nitrogen and oxygen atoms in total. The van der Waals surface area contributed by atoms with Crippen molar-refractivity contribution < 1.29 is 24.5 Å². The minimum absolute atomic E-state index is 0.0195. The quantitative estimate of drug-likeness (QED) is 0.0246. The van der Waals surface area contributed by atoms with E-state index in [9.17, 15) is 19.8 Å². The summed E-state index contributed by atoms with van der Waals surface area (Å²) >= 11 is 0. The van der Waals surface area contributed by atoms with E-state index in [0.29, 0.717) is 19.4 Å². The summed E-state index contributed by atoms with van der Waals surface area (Å²) in [5.41, 5.74) is 0. The lowest BCUT2D eigenvalue weighted by atomic mass is 10.0. The highest BCUT2D eigenvalue weighted by molar-refractivity contribution is 5.76. The highest BCUT2D eigenvalue weighted by Gasteiger charge is 2.18. The molecule has 6 heteroatoms. The zero-order valence-corrected chi connectivity index (χ0v) is 39.2. The molecule has 0 saturated carbocycles. The van der Waals surface area contributed by atoms with Crippen LogP contribution in [0.4, 0.5) is 0 Å². The van der Waals surface area contributed by atoms with Crippen LogP contribution in [0.2, 0.25) is 0 Å². The van der Waals surface area contributed by atoms with Gasteiger partial charge in [0.25, 0.3) is 0 Å². The van der Waals surface area contributed by atoms with Crippen molar-refractivity contribution in [2.75, 3.05) is 13.2 Å². The largest absolute Gasteiger partial charge is 0.466 e. The molecule has 0 aliphatic heterocycles. The molecule has 0 aromatic heterocycles. The van der Waals surface area contributed by atoms with Crippen LogP contribution in [0.3, 0.4) is 0 Å². The molecule has 0 rings (SSSR count). The van der Waals surface area contributed by atoms with Crippen LogP contribution in [0.25, 0.3) is 0 Å². The van der Waals surface area contributed by atoms with E-state index in [1.165, 1.54) is 161 Å². The fourth-order valence-electron chi connectivity index (χ4n) is 7.68. The Balaban J connectivity index is 3.49. The monoisotopic (exact) mass is 830 g/mol. The van der Waals surface area contributed by atoms with Crippen molar-refractivity contribution in [2.45, 2.75) is 276 Å². The fourth-order valence-corrected chi connectivity index (χ4v) is 7.68. The van der Waals surface area contributed by atoms with Gasteiger partial charge in [0.15, 0.2) is 0 Å². The van der Waals surface area contributed by atoms with Crippen molar-refractivity contribution in [2.24, 2.45) is 0 Å². The molecule has 0 spiro atoms. The van der Waals surface area contributed by atoms with Gasteiger partial charge in [0, 0.05) is 12.8 Å². The SMILES string of the molecule is CCCCCCCCC/C=C/C(O)C(CO)NC(=O)CCCCCCCC/C=C\C=C/CCCCCOC(=O)CCCCCCCCCCCCCCCCCCCC. The third kappa shape index (κ3) is 45.4. The van der Waals surface area contributed by atoms with Crippen LogP contribution in [-0.4, -0.2) is 47.4 Å². The Morgan fingerprint density at radius 1 is 0.475 bits per heavy atom. The summed E-state index contributed by atoms with van der Waals surface area (Å²) in [6, 6.07) is -0.642. The Labute approximate surface area is 366 Å². The molecule has 0 aromatic carbocycles. The number of unbranched alkanes of at least 4 members (excludes halogenated alkanes) is 33. The average Bonchev–Trinajstić information content (AvgIpc) is 3.24. The van der Waals surface area contributed by atoms with Crippen LogP contribution in [0, 0.1) is 0 Å². The Morgan fingerprint density at radius 3 is 1.25 bits per heavy atom. The van der Waals surface area contributed by atoms with E-state index in [4.69, 9.17) is 4.74 Å². The number of carbonyl (C=O) groups excluding carboxylic acids is 2. The number of amides is 1. The number of hydrogen-bond donors (Lipinski definition) is 3. The van der Waals surface area contributed by atoms with Crippen molar-refractivity contribution >= 4 is 11.9 Å². The lowest BCUT2D eigenvalue weighted by Crippen LogP contribution is -2.45. The number of aliphatic hydroxyl groups is 2. The van der Waals surface area contributed by atoms with Gasteiger partial charge in [-0.05, 0) is 64.2 Å². The van der Waals surface area contributed by atoms with Gasteiger partial charge in [-0.15, -0.1) is 0 Å². The van der Waals surface area contributed by atoms with Crippen LogP contribution >= 0.6 is 0 Å². The summed E-state index contributed by atoms with van der Waals surface area (Å²) in [7, 11) is 0. The smallest absolute Gasteiger partial charge is 0.305 e. The summed E-state index contributed by atoms with van der Waals surface area (Å²) in [5.74, 6) is -0.113. The van der Waals surface area contributed by atoms with Crippen LogP contribution in [-0.2, 0) is 14.3 Å². The summed E-state index contributed by atoms with van der Waals surface area (Å²) in [5, 5.41) is 22.9. The van der Waals surface area contributed by atoms with Crippen molar-refractivity contribution in [3.05, 3.63) is 36.5 Å². The van der Waals surface area contributed by atoms with E-state index < -0.39 is 12.1 Å². The van der Waals surface area contributed by atoms with Crippen molar-refractivity contribution in [1.82, 2.24) is 5.32 Å². The van der Waals surface area contributed by atoms with Crippen molar-refractivity contribution in [1.29, 1.82) is 0 Å². The molecule has 2 atom stereocenters. The lowest BCUT2D eigenvalue weighted by molar-refractivity contribution is -0.143. The molecule has 0 aliphatic carbocycles. The molecule has 3 N–H and O–H groups in total. The minimum atomic E-state index is -0.856. The number of aliphatic hydroxyl groups excluding tert-OH is 2. The second kappa shape index (κ2) is 48.7. The van der Waals surface area contributed by atoms with E-state index >= 15 is 0 Å². The summed E-state index contributed by atoms with van der Waals surface area (Å²) in [6.07, 6.45) is 58.7. The molecular formula is C53H99NO5. The van der Waals surface area contributed by atoms with Crippen molar-refractivity contribution in [3.8, 4) is 0 Å². The van der Waals surface area contributed by atoms with Crippen molar-refractivity contribution in [3.63, 3.8) is 0 Å². The molecule has 0 aliphatic rings. The van der Waals surface area contributed by atoms with E-state index in [1.807, 2.05) is 6.08 Å². The molecule has 59 heavy (non-hydrogen) atoms. The highest BCUT2D eigenvalue weighted by Crippen LogP contribution is 2.16. The van der Waals surface area contributed by atoms with Gasteiger partial charge in [0.2, 0.25) is 5.91 Å². The number of rotatable bonds is 47. The van der Waals surface area contributed by atoms with Gasteiger partial charge in [0.05, 0.1) is 25.4 Å². The fraction of sp³-hybridized carbons (Fsp3) is 0.849. The average molecular weight is 830 g/mol. The van der Waals surface area contributed by atoms with Crippen LogP contribution in [0.5, 0.6) is 0 Å². The van der Waals surface area contributed by atoms with Gasteiger partial charge in [0.1, 0.15) is 0 Å². The molecule has 0 aromatic rings. The molecule has 2 unspecified atom stereocenters. The Hall–Kier alpha value is -1.92. The first-order valence-corrected chi connectivity index (χ1v) is 25.8. The van der Waals surface area contributed by atoms with Gasteiger partial charge in [-0.25, -0.2) is 0 Å². The van der Waals surface area contributed by atoms with E-state index in [-0.39, 0.29) is 18.5 Å². The van der Waals surface area contributed by atoms with E-state index in [2.05, 4.69) is 43.5 Å². The first-order valence-electron chi connectivity index (χ1n) is 25.8. The first-order chi connectivity index (χ1) is 29.0. The summed E-state index contributed by atoms with van der Waals surface area (Å²) in [6.45, 7) is 4.82. The molecule has 0 saturated heterocycles. The Bertz CT molecular complexity index is 962. The Kier molecular flexibility index (Phi) is 47.2. The predicted octanol–water partition coefficient (Wildman–Crippen LogP) is 15.3. The van der Waals surface area contributed by atoms with E-state index in [0.717, 1.165) is 77.0 Å². The maximum Gasteiger partial charge on any atom is 0.305 e. The number of esters is 1. The zero-order chi connectivity index (χ0) is 43.0. The topological polar surface area (TPSA) is 95.9 Å². The zero-order valence-electron chi connectivity index (χ0n) is 39.2. The molecule has 1 amide bonds.